The number of fused-ring (bicyclic) bond motifs is 1. The lowest BCUT2D eigenvalue weighted by Crippen LogP contribution is -2.46. The van der Waals surface area contributed by atoms with Gasteiger partial charge in [0.2, 0.25) is 5.78 Å². The van der Waals surface area contributed by atoms with E-state index < -0.39 is 17.2 Å². The van der Waals surface area contributed by atoms with Crippen LogP contribution in [-0.4, -0.2) is 22.3 Å². The third kappa shape index (κ3) is 1.04. The second kappa shape index (κ2) is 2.65. The van der Waals surface area contributed by atoms with E-state index in [1.807, 2.05) is 0 Å². The zero-order valence-electron chi connectivity index (χ0n) is 7.48. The molecule has 72 valence electrons. The average Bonchev–Trinajstić information content (AvgIpc) is 2.15. The van der Waals surface area contributed by atoms with Gasteiger partial charge in [0.05, 0.1) is 11.8 Å². The van der Waals surface area contributed by atoms with Crippen molar-refractivity contribution in [3.05, 3.63) is 35.8 Å². The molecule has 1 atom stereocenters. The van der Waals surface area contributed by atoms with Gasteiger partial charge in [-0.1, -0.05) is 0 Å². The molecule has 0 aromatic carbocycles. The molecule has 0 aromatic rings. The highest BCUT2D eigenvalue weighted by Crippen LogP contribution is 2.28. The van der Waals surface area contributed by atoms with Crippen LogP contribution in [0.4, 0.5) is 0 Å². The Kier molecular flexibility index (Phi) is 1.69. The van der Waals surface area contributed by atoms with Crippen molar-refractivity contribution in [2.75, 3.05) is 0 Å². The fourth-order valence-electron chi connectivity index (χ4n) is 1.34. The van der Waals surface area contributed by atoms with E-state index in [9.17, 15) is 14.7 Å². The molecular weight excluding hydrogens is 184 g/mol. The molecule has 0 amide bonds. The molecule has 0 aromatic heterocycles. The molecule has 0 radical (unpaired) electrons. The van der Waals surface area contributed by atoms with Crippen LogP contribution in [-0.2, 0) is 14.3 Å². The lowest BCUT2D eigenvalue weighted by Gasteiger charge is -2.26. The van der Waals surface area contributed by atoms with Crippen molar-refractivity contribution in [2.24, 2.45) is 0 Å². The van der Waals surface area contributed by atoms with Crippen LogP contribution in [0, 0.1) is 0 Å². The highest BCUT2D eigenvalue weighted by molar-refractivity contribution is 6.25. The van der Waals surface area contributed by atoms with Crippen LogP contribution in [0.5, 0.6) is 0 Å². The van der Waals surface area contributed by atoms with Crippen LogP contribution < -0.4 is 0 Å². The largest absolute Gasteiger partial charge is 0.472 e. The van der Waals surface area contributed by atoms with Gasteiger partial charge >= 0.3 is 0 Å². The normalized spacial score (nSPS) is 30.4. The molecule has 1 aliphatic carbocycles. The van der Waals surface area contributed by atoms with E-state index >= 15 is 0 Å². The van der Waals surface area contributed by atoms with Gasteiger partial charge in [0.1, 0.15) is 6.26 Å². The van der Waals surface area contributed by atoms with Crippen molar-refractivity contribution in [2.45, 2.75) is 12.5 Å². The first-order valence-corrected chi connectivity index (χ1v) is 4.09. The van der Waals surface area contributed by atoms with Gasteiger partial charge in [-0.25, -0.2) is 0 Å². The van der Waals surface area contributed by atoms with Crippen LogP contribution in [0.25, 0.3) is 0 Å². The topological polar surface area (TPSA) is 63.6 Å². The number of ketones is 2. The zero-order valence-corrected chi connectivity index (χ0v) is 7.48. The molecule has 0 bridgehead atoms. The molecule has 0 saturated heterocycles. The second-order valence-electron chi connectivity index (χ2n) is 3.34. The molecule has 4 nitrogen and oxygen atoms in total. The highest BCUT2D eigenvalue weighted by Gasteiger charge is 2.43. The Labute approximate surface area is 80.2 Å². The van der Waals surface area contributed by atoms with Gasteiger partial charge in [-0.15, -0.1) is 0 Å². The summed E-state index contributed by atoms with van der Waals surface area (Å²) in [6.45, 7) is 1.18. The predicted octanol–water partition coefficient (Wildman–Crippen LogP) is 0.243. The third-order valence-electron chi connectivity index (χ3n) is 2.28. The van der Waals surface area contributed by atoms with Gasteiger partial charge in [0.25, 0.3) is 0 Å². The summed E-state index contributed by atoms with van der Waals surface area (Å²) < 4.78 is 4.81. The molecule has 0 spiro atoms. The lowest BCUT2D eigenvalue weighted by molar-refractivity contribution is -0.144. The molecule has 1 heterocycles. The summed E-state index contributed by atoms with van der Waals surface area (Å²) >= 11 is 0. The van der Waals surface area contributed by atoms with Crippen LogP contribution in [0.3, 0.4) is 0 Å². The maximum atomic E-state index is 11.6. The van der Waals surface area contributed by atoms with Crippen molar-refractivity contribution in [1.82, 2.24) is 0 Å². The average molecular weight is 192 g/mol. The molecule has 0 fully saturated rings. The molecular formula is C10H8O4. The number of carbonyl (C=O) groups is 2. The van der Waals surface area contributed by atoms with Crippen molar-refractivity contribution >= 4 is 11.6 Å². The number of Topliss-reactive ketones (excluding diaryl/α,β-unsaturated/α-hetero) is 1. The van der Waals surface area contributed by atoms with Crippen molar-refractivity contribution in [3.63, 3.8) is 0 Å². The number of hydrogen-bond acceptors (Lipinski definition) is 4. The molecule has 1 aliphatic heterocycles. The minimum Gasteiger partial charge on any atom is -0.472 e. The summed E-state index contributed by atoms with van der Waals surface area (Å²) in [5, 5.41) is 9.59. The number of hydrogen-bond donors (Lipinski definition) is 1. The summed E-state index contributed by atoms with van der Waals surface area (Å²) in [7, 11) is 0. The maximum absolute atomic E-state index is 11.6. The first-order valence-electron chi connectivity index (χ1n) is 4.09. The summed E-state index contributed by atoms with van der Waals surface area (Å²) in [6, 6.07) is 0. The predicted molar refractivity (Wildman–Crippen MR) is 47.0 cm³/mol. The van der Waals surface area contributed by atoms with Gasteiger partial charge < -0.3 is 9.84 Å². The number of ether oxygens (including phenoxy) is 1. The van der Waals surface area contributed by atoms with Crippen LogP contribution >= 0.6 is 0 Å². The van der Waals surface area contributed by atoms with Crippen molar-refractivity contribution in [1.29, 1.82) is 0 Å². The van der Waals surface area contributed by atoms with Crippen LogP contribution in [0.2, 0.25) is 0 Å². The summed E-state index contributed by atoms with van der Waals surface area (Å²) in [6.07, 6.45) is 5.36. The minimum absolute atomic E-state index is 0.233. The molecule has 1 unspecified atom stereocenters. The van der Waals surface area contributed by atoms with Gasteiger partial charge in [-0.2, -0.15) is 0 Å². The standard InChI is InChI=1S/C10H8O4/c1-10(13)8(11)4-6-2-3-14-5-7(6)9(10)12/h2-5,13H,1H3. The second-order valence-corrected chi connectivity index (χ2v) is 3.34. The number of rotatable bonds is 0. The van der Waals surface area contributed by atoms with Gasteiger partial charge in [0, 0.05) is 0 Å². The van der Waals surface area contributed by atoms with Gasteiger partial charge in [0.15, 0.2) is 11.4 Å². The summed E-state index contributed by atoms with van der Waals surface area (Å²) in [4.78, 5) is 22.9. The molecule has 14 heavy (non-hydrogen) atoms. The molecule has 4 heteroatoms. The molecule has 1 N–H and O–H groups in total. The smallest absolute Gasteiger partial charge is 0.205 e. The Morgan fingerprint density at radius 2 is 2.14 bits per heavy atom. The van der Waals surface area contributed by atoms with Gasteiger partial charge in [-0.3, -0.25) is 9.59 Å². The lowest BCUT2D eigenvalue weighted by atomic mass is 9.81. The molecule has 2 rings (SSSR count). The Balaban J connectivity index is 2.57. The summed E-state index contributed by atoms with van der Waals surface area (Å²) in [5.41, 5.74) is -1.24. The Hall–Kier alpha value is -1.68. The summed E-state index contributed by atoms with van der Waals surface area (Å²) in [5.74, 6) is -1.22. The Morgan fingerprint density at radius 3 is 2.86 bits per heavy atom. The first kappa shape index (κ1) is 8.90. The van der Waals surface area contributed by atoms with E-state index in [2.05, 4.69) is 0 Å². The number of allylic oxidation sites excluding steroid dienone is 2. The van der Waals surface area contributed by atoms with Crippen LogP contribution in [0.15, 0.2) is 35.8 Å². The maximum Gasteiger partial charge on any atom is 0.205 e. The zero-order chi connectivity index (χ0) is 10.3. The minimum atomic E-state index is -1.95. The van der Waals surface area contributed by atoms with Crippen molar-refractivity contribution in [3.8, 4) is 0 Å². The quantitative estimate of drug-likeness (QED) is 0.558. The van der Waals surface area contributed by atoms with Crippen molar-refractivity contribution < 1.29 is 19.4 Å². The van der Waals surface area contributed by atoms with E-state index in [4.69, 9.17) is 4.74 Å². The number of carbonyl (C=O) groups excluding carboxylic acids is 2. The molecule has 0 saturated carbocycles. The third-order valence-corrected chi connectivity index (χ3v) is 2.28. The number of aliphatic hydroxyl groups is 1. The van der Waals surface area contributed by atoms with E-state index in [1.54, 1.807) is 0 Å². The van der Waals surface area contributed by atoms with E-state index in [0.717, 1.165) is 0 Å². The van der Waals surface area contributed by atoms with E-state index in [0.29, 0.717) is 5.57 Å². The van der Waals surface area contributed by atoms with E-state index in [-0.39, 0.29) is 5.57 Å². The molecule has 2 aliphatic rings. The van der Waals surface area contributed by atoms with Crippen LogP contribution in [0.1, 0.15) is 6.92 Å². The fourth-order valence-corrected chi connectivity index (χ4v) is 1.34. The SMILES string of the molecule is CC1(O)C(=O)C=C2C=COC=C2C1=O. The monoisotopic (exact) mass is 192 g/mol. The fraction of sp³-hybridized carbons (Fsp3) is 0.200. The Bertz CT molecular complexity index is 410. The Morgan fingerprint density at radius 1 is 1.43 bits per heavy atom. The van der Waals surface area contributed by atoms with Gasteiger partial charge in [-0.05, 0) is 24.6 Å². The van der Waals surface area contributed by atoms with E-state index in [1.165, 1.54) is 31.6 Å². The first-order chi connectivity index (χ1) is 6.53. The highest BCUT2D eigenvalue weighted by atomic mass is 16.5.